The highest BCUT2D eigenvalue weighted by Crippen LogP contribution is 2.23. The molecule has 1 aromatic heterocycles. The van der Waals surface area contributed by atoms with Gasteiger partial charge in [0.05, 0.1) is 11.8 Å². The van der Waals surface area contributed by atoms with Crippen LogP contribution in [0.25, 0.3) is 0 Å². The number of rotatable bonds is 6. The van der Waals surface area contributed by atoms with Crippen LogP contribution >= 0.6 is 0 Å². The number of hydrogen-bond acceptors (Lipinski definition) is 4. The highest BCUT2D eigenvalue weighted by atomic mass is 16.5. The van der Waals surface area contributed by atoms with Gasteiger partial charge in [0, 0.05) is 6.04 Å². The normalized spacial score (nSPS) is 12.8. The largest absolute Gasteiger partial charge is 0.473 e. The summed E-state index contributed by atoms with van der Waals surface area (Å²) in [6.07, 6.45) is 1.13. The van der Waals surface area contributed by atoms with E-state index in [-0.39, 0.29) is 6.10 Å². The van der Waals surface area contributed by atoms with Gasteiger partial charge in [0.1, 0.15) is 5.82 Å². The number of anilines is 2. The zero-order valence-corrected chi connectivity index (χ0v) is 12.0. The van der Waals surface area contributed by atoms with Gasteiger partial charge in [0.15, 0.2) is 0 Å². The molecule has 0 aromatic carbocycles. The predicted octanol–water partition coefficient (Wildman–Crippen LogP) is 3.30. The van der Waals surface area contributed by atoms with Crippen LogP contribution in [0.3, 0.4) is 0 Å². The first-order valence-corrected chi connectivity index (χ1v) is 6.63. The van der Waals surface area contributed by atoms with Gasteiger partial charge in [0.25, 0.3) is 0 Å². The van der Waals surface area contributed by atoms with Crippen molar-refractivity contribution < 1.29 is 4.74 Å². The number of nitrogens with one attached hydrogen (secondary N) is 1. The fraction of sp³-hybridized carbons (Fsp3) is 0.643. The van der Waals surface area contributed by atoms with Crippen LogP contribution in [0.15, 0.2) is 12.1 Å². The summed E-state index contributed by atoms with van der Waals surface area (Å²) in [5.74, 6) is 1.89. The molecule has 3 N–H and O–H groups in total. The Labute approximate surface area is 110 Å². The lowest BCUT2D eigenvalue weighted by Gasteiger charge is -2.22. The third kappa shape index (κ3) is 4.09. The molecule has 0 aliphatic carbocycles. The van der Waals surface area contributed by atoms with E-state index in [4.69, 9.17) is 10.5 Å². The van der Waals surface area contributed by atoms with Crippen LogP contribution in [0, 0.1) is 5.92 Å². The number of hydrogen-bond donors (Lipinski definition) is 2. The van der Waals surface area contributed by atoms with E-state index in [1.54, 1.807) is 0 Å². The molecule has 0 saturated carbocycles. The zero-order chi connectivity index (χ0) is 13.7. The standard InChI is InChI=1S/C14H25N3O/c1-6-12(9(2)3)16-13-8-7-11(15)14(17-13)18-10(4)5/h7-10,12H,6,15H2,1-5H3,(H,16,17). The molecule has 4 heteroatoms. The molecule has 18 heavy (non-hydrogen) atoms. The summed E-state index contributed by atoms with van der Waals surface area (Å²) >= 11 is 0. The molecule has 0 aliphatic rings. The Hall–Kier alpha value is -1.45. The van der Waals surface area contributed by atoms with Crippen molar-refractivity contribution in [3.05, 3.63) is 12.1 Å². The van der Waals surface area contributed by atoms with Crippen molar-refractivity contribution >= 4 is 11.5 Å². The molecule has 0 radical (unpaired) electrons. The minimum atomic E-state index is 0.0714. The minimum Gasteiger partial charge on any atom is -0.473 e. The van der Waals surface area contributed by atoms with E-state index in [0.29, 0.717) is 23.5 Å². The fourth-order valence-corrected chi connectivity index (χ4v) is 1.78. The number of aromatic nitrogens is 1. The Morgan fingerprint density at radius 2 is 1.94 bits per heavy atom. The summed E-state index contributed by atoms with van der Waals surface area (Å²) in [6.45, 7) is 10.5. The first-order chi connectivity index (χ1) is 8.43. The van der Waals surface area contributed by atoms with E-state index in [1.807, 2.05) is 26.0 Å². The van der Waals surface area contributed by atoms with Gasteiger partial charge in [-0.05, 0) is 38.3 Å². The van der Waals surface area contributed by atoms with Gasteiger partial charge in [-0.1, -0.05) is 20.8 Å². The summed E-state index contributed by atoms with van der Waals surface area (Å²) in [5.41, 5.74) is 6.42. The number of nitrogen functional groups attached to an aromatic ring is 1. The summed E-state index contributed by atoms with van der Waals surface area (Å²) in [5, 5.41) is 3.42. The van der Waals surface area contributed by atoms with E-state index in [2.05, 4.69) is 31.1 Å². The second-order valence-electron chi connectivity index (χ2n) is 5.16. The number of nitrogens with two attached hydrogens (primary N) is 1. The molecule has 1 heterocycles. The molecule has 1 atom stereocenters. The van der Waals surface area contributed by atoms with Crippen molar-refractivity contribution in [1.29, 1.82) is 0 Å². The summed E-state index contributed by atoms with van der Waals surface area (Å²) in [7, 11) is 0. The monoisotopic (exact) mass is 251 g/mol. The highest BCUT2D eigenvalue weighted by molar-refractivity contribution is 5.53. The molecule has 1 aromatic rings. The van der Waals surface area contributed by atoms with Crippen molar-refractivity contribution in [1.82, 2.24) is 4.98 Å². The molecule has 0 amide bonds. The van der Waals surface area contributed by atoms with Crippen LogP contribution < -0.4 is 15.8 Å². The smallest absolute Gasteiger partial charge is 0.239 e. The first-order valence-electron chi connectivity index (χ1n) is 6.63. The van der Waals surface area contributed by atoms with Gasteiger partial charge in [-0.3, -0.25) is 0 Å². The van der Waals surface area contributed by atoms with Crippen LogP contribution in [0.2, 0.25) is 0 Å². The molecule has 0 aliphatic heterocycles. The van der Waals surface area contributed by atoms with E-state index in [9.17, 15) is 0 Å². The quantitative estimate of drug-likeness (QED) is 0.814. The second-order valence-corrected chi connectivity index (χ2v) is 5.16. The molecule has 1 rings (SSSR count). The van der Waals surface area contributed by atoms with E-state index >= 15 is 0 Å². The van der Waals surface area contributed by atoms with Gasteiger partial charge in [-0.25, -0.2) is 0 Å². The SMILES string of the molecule is CCC(Nc1ccc(N)c(OC(C)C)n1)C(C)C. The molecule has 0 saturated heterocycles. The van der Waals surface area contributed by atoms with E-state index in [1.165, 1.54) is 0 Å². The van der Waals surface area contributed by atoms with Gasteiger partial charge in [-0.15, -0.1) is 0 Å². The summed E-state index contributed by atoms with van der Waals surface area (Å²) in [4.78, 5) is 4.42. The molecular weight excluding hydrogens is 226 g/mol. The number of pyridine rings is 1. The maximum absolute atomic E-state index is 5.85. The lowest BCUT2D eigenvalue weighted by Crippen LogP contribution is -2.25. The first kappa shape index (κ1) is 14.6. The van der Waals surface area contributed by atoms with Crippen molar-refractivity contribution in [3.8, 4) is 5.88 Å². The van der Waals surface area contributed by atoms with Crippen molar-refractivity contribution in [2.24, 2.45) is 5.92 Å². The number of ether oxygens (including phenoxy) is 1. The Morgan fingerprint density at radius 3 is 2.44 bits per heavy atom. The maximum Gasteiger partial charge on any atom is 0.239 e. The van der Waals surface area contributed by atoms with Crippen molar-refractivity contribution in [2.45, 2.75) is 53.2 Å². The molecular formula is C14H25N3O. The van der Waals surface area contributed by atoms with Crippen molar-refractivity contribution in [2.75, 3.05) is 11.1 Å². The third-order valence-electron chi connectivity index (χ3n) is 2.81. The summed E-state index contributed by atoms with van der Waals surface area (Å²) in [6, 6.07) is 4.14. The van der Waals surface area contributed by atoms with Gasteiger partial charge >= 0.3 is 0 Å². The van der Waals surface area contributed by atoms with E-state index < -0.39 is 0 Å². The average Bonchev–Trinajstić information content (AvgIpc) is 2.29. The lowest BCUT2D eigenvalue weighted by atomic mass is 10.0. The van der Waals surface area contributed by atoms with Crippen LogP contribution in [0.4, 0.5) is 11.5 Å². The minimum absolute atomic E-state index is 0.0714. The van der Waals surface area contributed by atoms with E-state index in [0.717, 1.165) is 12.2 Å². The maximum atomic E-state index is 5.85. The van der Waals surface area contributed by atoms with Gasteiger partial charge in [-0.2, -0.15) is 4.98 Å². The highest BCUT2D eigenvalue weighted by Gasteiger charge is 2.13. The lowest BCUT2D eigenvalue weighted by molar-refractivity contribution is 0.234. The molecule has 0 spiro atoms. The average molecular weight is 251 g/mol. The topological polar surface area (TPSA) is 60.2 Å². The Balaban J connectivity index is 2.84. The summed E-state index contributed by atoms with van der Waals surface area (Å²) < 4.78 is 5.59. The Kier molecular flexibility index (Phi) is 5.25. The van der Waals surface area contributed by atoms with Crippen LogP contribution in [-0.4, -0.2) is 17.1 Å². The van der Waals surface area contributed by atoms with Gasteiger partial charge in [0.2, 0.25) is 5.88 Å². The number of nitrogens with zero attached hydrogens (tertiary/aromatic N) is 1. The molecule has 0 bridgehead atoms. The molecule has 4 nitrogen and oxygen atoms in total. The van der Waals surface area contributed by atoms with Gasteiger partial charge < -0.3 is 15.8 Å². The van der Waals surface area contributed by atoms with Crippen LogP contribution in [0.5, 0.6) is 5.88 Å². The predicted molar refractivity (Wildman–Crippen MR) is 77.0 cm³/mol. The van der Waals surface area contributed by atoms with Crippen LogP contribution in [0.1, 0.15) is 41.0 Å². The molecule has 102 valence electrons. The zero-order valence-electron chi connectivity index (χ0n) is 12.0. The Bertz CT molecular complexity index is 377. The second kappa shape index (κ2) is 6.47. The molecule has 0 fully saturated rings. The Morgan fingerprint density at radius 1 is 1.28 bits per heavy atom. The third-order valence-corrected chi connectivity index (χ3v) is 2.81. The van der Waals surface area contributed by atoms with Crippen molar-refractivity contribution in [3.63, 3.8) is 0 Å². The molecule has 1 unspecified atom stereocenters. The van der Waals surface area contributed by atoms with Crippen LogP contribution in [-0.2, 0) is 0 Å². The fourth-order valence-electron chi connectivity index (χ4n) is 1.78.